The van der Waals surface area contributed by atoms with E-state index in [-0.39, 0.29) is 5.91 Å². The highest BCUT2D eigenvalue weighted by molar-refractivity contribution is 5.94. The minimum Gasteiger partial charge on any atom is -0.336 e. The monoisotopic (exact) mass is 362 g/mol. The number of nitrogens with zero attached hydrogens (tertiary/aromatic N) is 5. The second-order valence-corrected chi connectivity index (χ2v) is 7.47. The molecule has 4 heterocycles. The highest BCUT2D eigenvalue weighted by atomic mass is 16.2. The topological polar surface area (TPSA) is 75.9 Å². The van der Waals surface area contributed by atoms with E-state index in [1.54, 1.807) is 10.9 Å². The highest BCUT2D eigenvalue weighted by Crippen LogP contribution is 2.24. The van der Waals surface area contributed by atoms with Gasteiger partial charge in [0.05, 0.1) is 16.9 Å². The van der Waals surface area contributed by atoms with Crippen molar-refractivity contribution in [2.24, 2.45) is 0 Å². The summed E-state index contributed by atoms with van der Waals surface area (Å²) in [5, 5.41) is 13.2. The molecule has 0 aliphatic carbocycles. The van der Waals surface area contributed by atoms with Crippen LogP contribution in [0.4, 0.5) is 0 Å². The van der Waals surface area contributed by atoms with Crippen LogP contribution in [0.15, 0.2) is 36.5 Å². The van der Waals surface area contributed by atoms with Crippen LogP contribution < -0.4 is 5.32 Å². The van der Waals surface area contributed by atoms with E-state index < -0.39 is 0 Å². The summed E-state index contributed by atoms with van der Waals surface area (Å²) in [6.07, 6.45) is 5.13. The molecular weight excluding hydrogens is 340 g/mol. The number of fused-ring (bicyclic) bond motifs is 3. The zero-order valence-electron chi connectivity index (χ0n) is 15.3. The second kappa shape index (κ2) is 6.42. The van der Waals surface area contributed by atoms with Crippen molar-refractivity contribution < 1.29 is 4.79 Å². The molecule has 2 unspecified atom stereocenters. The number of likely N-dealkylation sites (tertiary alicyclic amines) is 1. The summed E-state index contributed by atoms with van der Waals surface area (Å²) in [7, 11) is 0. The minimum absolute atomic E-state index is 0.0266. The number of hydrogen-bond acceptors (Lipinski definition) is 5. The molecule has 27 heavy (non-hydrogen) atoms. The first-order chi connectivity index (χ1) is 13.2. The fourth-order valence-corrected chi connectivity index (χ4v) is 4.29. The van der Waals surface area contributed by atoms with Gasteiger partial charge in [0.25, 0.3) is 5.91 Å². The maximum absolute atomic E-state index is 13.1. The number of carbonyl (C=O) groups excluding carboxylic acids is 1. The van der Waals surface area contributed by atoms with Crippen molar-refractivity contribution in [2.45, 2.75) is 38.3 Å². The molecule has 2 bridgehead atoms. The van der Waals surface area contributed by atoms with Crippen LogP contribution in [0, 0.1) is 6.92 Å². The van der Waals surface area contributed by atoms with Crippen LogP contribution in [0.2, 0.25) is 0 Å². The van der Waals surface area contributed by atoms with E-state index >= 15 is 0 Å². The fraction of sp³-hybridized carbons (Fsp3) is 0.400. The van der Waals surface area contributed by atoms with E-state index in [4.69, 9.17) is 0 Å². The third-order valence-corrected chi connectivity index (χ3v) is 5.75. The number of amides is 1. The maximum atomic E-state index is 13.1. The molecule has 0 radical (unpaired) electrons. The molecule has 2 atom stereocenters. The minimum atomic E-state index is -0.0266. The Morgan fingerprint density at radius 3 is 2.93 bits per heavy atom. The number of carbonyl (C=O) groups is 1. The summed E-state index contributed by atoms with van der Waals surface area (Å²) in [6, 6.07) is 10.8. The SMILES string of the molecule is Cc1c(C(=O)N2CCC3CCC(C2)N3)nnn1-c1cccc2cccnc12. The summed E-state index contributed by atoms with van der Waals surface area (Å²) < 4.78 is 1.73. The molecule has 2 saturated heterocycles. The van der Waals surface area contributed by atoms with E-state index in [0.717, 1.165) is 48.2 Å². The summed E-state index contributed by atoms with van der Waals surface area (Å²) in [6.45, 7) is 3.42. The van der Waals surface area contributed by atoms with Gasteiger partial charge in [-0.3, -0.25) is 9.78 Å². The molecule has 7 heteroatoms. The molecule has 5 rings (SSSR count). The standard InChI is InChI=1S/C20H22N6O/c1-13-18(20(27)25-11-9-15-7-8-16(12-25)22-15)23-24-26(13)17-6-2-4-14-5-3-10-21-19(14)17/h2-6,10,15-16,22H,7-9,11-12H2,1H3. The van der Waals surface area contributed by atoms with Crippen LogP contribution >= 0.6 is 0 Å². The molecule has 3 aromatic rings. The average molecular weight is 362 g/mol. The predicted octanol–water partition coefficient (Wildman–Crippen LogP) is 2.09. The Morgan fingerprint density at radius 1 is 1.15 bits per heavy atom. The number of pyridine rings is 1. The number of benzene rings is 1. The lowest BCUT2D eigenvalue weighted by atomic mass is 10.1. The lowest BCUT2D eigenvalue weighted by Crippen LogP contribution is -2.39. The van der Waals surface area contributed by atoms with Gasteiger partial charge >= 0.3 is 0 Å². The first-order valence-electron chi connectivity index (χ1n) is 9.52. The van der Waals surface area contributed by atoms with Crippen LogP contribution in [-0.2, 0) is 0 Å². The van der Waals surface area contributed by atoms with E-state index in [1.807, 2.05) is 42.2 Å². The van der Waals surface area contributed by atoms with E-state index in [2.05, 4.69) is 20.6 Å². The van der Waals surface area contributed by atoms with Gasteiger partial charge in [-0.1, -0.05) is 23.4 Å². The largest absolute Gasteiger partial charge is 0.336 e. The van der Waals surface area contributed by atoms with Crippen LogP contribution in [0.25, 0.3) is 16.6 Å². The lowest BCUT2D eigenvalue weighted by Gasteiger charge is -2.23. The molecule has 1 N–H and O–H groups in total. The van der Waals surface area contributed by atoms with Crippen molar-refractivity contribution in [1.82, 2.24) is 30.2 Å². The molecule has 0 spiro atoms. The molecule has 7 nitrogen and oxygen atoms in total. The van der Waals surface area contributed by atoms with Crippen molar-refractivity contribution >= 4 is 16.8 Å². The smallest absolute Gasteiger partial charge is 0.276 e. The average Bonchev–Trinajstić information content (AvgIpc) is 3.22. The van der Waals surface area contributed by atoms with Crippen LogP contribution in [0.1, 0.15) is 35.4 Å². The molecular formula is C20H22N6O. The van der Waals surface area contributed by atoms with Crippen molar-refractivity contribution in [3.63, 3.8) is 0 Å². The van der Waals surface area contributed by atoms with Crippen molar-refractivity contribution in [1.29, 1.82) is 0 Å². The predicted molar refractivity (Wildman–Crippen MR) is 102 cm³/mol. The van der Waals surface area contributed by atoms with Crippen LogP contribution in [0.5, 0.6) is 0 Å². The Balaban J connectivity index is 1.49. The lowest BCUT2D eigenvalue weighted by molar-refractivity contribution is 0.0741. The number of hydrogen-bond donors (Lipinski definition) is 1. The molecule has 0 saturated carbocycles. The van der Waals surface area contributed by atoms with Crippen molar-refractivity contribution in [3.05, 3.63) is 47.9 Å². The van der Waals surface area contributed by atoms with Gasteiger partial charge in [-0.25, -0.2) is 4.68 Å². The second-order valence-electron chi connectivity index (χ2n) is 7.47. The molecule has 2 fully saturated rings. The Labute approximate surface area is 157 Å². The molecule has 2 aliphatic heterocycles. The number of rotatable bonds is 2. The van der Waals surface area contributed by atoms with Gasteiger partial charge in [0, 0.05) is 36.8 Å². The highest BCUT2D eigenvalue weighted by Gasteiger charge is 2.33. The summed E-state index contributed by atoms with van der Waals surface area (Å²) in [4.78, 5) is 19.5. The van der Waals surface area contributed by atoms with Crippen LogP contribution in [-0.4, -0.2) is 56.0 Å². The Morgan fingerprint density at radius 2 is 2.00 bits per heavy atom. The summed E-state index contributed by atoms with van der Waals surface area (Å²) >= 11 is 0. The third kappa shape index (κ3) is 2.78. The zero-order valence-corrected chi connectivity index (χ0v) is 15.3. The van der Waals surface area contributed by atoms with Gasteiger partial charge in [-0.15, -0.1) is 5.10 Å². The summed E-state index contributed by atoms with van der Waals surface area (Å²) in [5.74, 6) is -0.0266. The molecule has 1 aromatic carbocycles. The van der Waals surface area contributed by atoms with E-state index in [1.165, 1.54) is 6.42 Å². The first kappa shape index (κ1) is 16.4. The zero-order chi connectivity index (χ0) is 18.4. The molecule has 2 aliphatic rings. The number of nitrogens with one attached hydrogen (secondary N) is 1. The van der Waals surface area contributed by atoms with Crippen molar-refractivity contribution in [3.8, 4) is 5.69 Å². The van der Waals surface area contributed by atoms with Gasteiger partial charge in [0.15, 0.2) is 5.69 Å². The number of para-hydroxylation sites is 1. The van der Waals surface area contributed by atoms with Gasteiger partial charge in [0.1, 0.15) is 0 Å². The first-order valence-corrected chi connectivity index (χ1v) is 9.52. The van der Waals surface area contributed by atoms with E-state index in [0.29, 0.717) is 17.8 Å². The molecule has 138 valence electrons. The van der Waals surface area contributed by atoms with E-state index in [9.17, 15) is 4.79 Å². The van der Waals surface area contributed by atoms with Gasteiger partial charge in [0.2, 0.25) is 0 Å². The van der Waals surface area contributed by atoms with Crippen molar-refractivity contribution in [2.75, 3.05) is 13.1 Å². The molecule has 2 aromatic heterocycles. The normalized spacial score (nSPS) is 22.2. The van der Waals surface area contributed by atoms with Gasteiger partial charge in [-0.2, -0.15) is 0 Å². The quantitative estimate of drug-likeness (QED) is 0.755. The maximum Gasteiger partial charge on any atom is 0.276 e. The molecule has 1 amide bonds. The Hall–Kier alpha value is -2.80. The van der Waals surface area contributed by atoms with Crippen LogP contribution in [0.3, 0.4) is 0 Å². The summed E-state index contributed by atoms with van der Waals surface area (Å²) in [5.41, 5.74) is 2.87. The van der Waals surface area contributed by atoms with Gasteiger partial charge in [-0.05, 0) is 38.3 Å². The fourth-order valence-electron chi connectivity index (χ4n) is 4.29. The third-order valence-electron chi connectivity index (χ3n) is 5.75. The Kier molecular flexibility index (Phi) is 3.89. The Bertz CT molecular complexity index is 1010. The van der Waals surface area contributed by atoms with Gasteiger partial charge < -0.3 is 10.2 Å². The number of aromatic nitrogens is 4.